The van der Waals surface area contributed by atoms with Gasteiger partial charge in [-0.25, -0.2) is 4.79 Å². The Morgan fingerprint density at radius 1 is 0.964 bits per heavy atom. The SMILES string of the molecule is CCN(C(=O)COC(=O)[C@H](C)N1C(=O)c2ccccc2C1=O)c1ccccc1. The zero-order valence-corrected chi connectivity index (χ0v) is 15.6. The van der Waals surface area contributed by atoms with Crippen molar-refractivity contribution >= 4 is 29.4 Å². The van der Waals surface area contributed by atoms with Gasteiger partial charge in [0, 0.05) is 12.2 Å². The van der Waals surface area contributed by atoms with Crippen LogP contribution in [0.25, 0.3) is 0 Å². The molecule has 0 unspecified atom stereocenters. The summed E-state index contributed by atoms with van der Waals surface area (Å²) in [6.07, 6.45) is 0. The van der Waals surface area contributed by atoms with Crippen molar-refractivity contribution in [2.24, 2.45) is 0 Å². The highest BCUT2D eigenvalue weighted by atomic mass is 16.5. The quantitative estimate of drug-likeness (QED) is 0.567. The van der Waals surface area contributed by atoms with E-state index in [4.69, 9.17) is 4.74 Å². The van der Waals surface area contributed by atoms with Gasteiger partial charge in [0.05, 0.1) is 11.1 Å². The molecule has 0 fully saturated rings. The van der Waals surface area contributed by atoms with Gasteiger partial charge in [0.2, 0.25) is 0 Å². The number of hydrogen-bond acceptors (Lipinski definition) is 5. The Morgan fingerprint density at radius 2 is 1.50 bits per heavy atom. The van der Waals surface area contributed by atoms with Gasteiger partial charge in [-0.2, -0.15) is 0 Å². The predicted molar refractivity (Wildman–Crippen MR) is 102 cm³/mol. The van der Waals surface area contributed by atoms with Gasteiger partial charge in [0.15, 0.2) is 6.61 Å². The van der Waals surface area contributed by atoms with E-state index in [0.29, 0.717) is 12.2 Å². The van der Waals surface area contributed by atoms with Gasteiger partial charge >= 0.3 is 5.97 Å². The van der Waals surface area contributed by atoms with Crippen LogP contribution in [-0.4, -0.2) is 47.8 Å². The van der Waals surface area contributed by atoms with Crippen molar-refractivity contribution in [1.82, 2.24) is 4.90 Å². The summed E-state index contributed by atoms with van der Waals surface area (Å²) in [6.45, 7) is 3.15. The number of amides is 3. The topological polar surface area (TPSA) is 84.0 Å². The Labute approximate surface area is 162 Å². The van der Waals surface area contributed by atoms with E-state index in [-0.39, 0.29) is 11.1 Å². The van der Waals surface area contributed by atoms with E-state index >= 15 is 0 Å². The third-order valence-corrected chi connectivity index (χ3v) is 4.58. The molecule has 0 N–H and O–H groups in total. The lowest BCUT2D eigenvalue weighted by atomic mass is 10.1. The zero-order chi connectivity index (χ0) is 20.3. The second kappa shape index (κ2) is 8.04. The standard InChI is InChI=1S/C21H20N2O5/c1-3-22(15-9-5-4-6-10-15)18(24)13-28-21(27)14(2)23-19(25)16-11-7-8-12-17(16)20(23)26/h4-12,14H,3,13H2,1-2H3/t14-/m0/s1. The van der Waals surface area contributed by atoms with E-state index < -0.39 is 36.3 Å². The molecule has 2 aromatic rings. The highest BCUT2D eigenvalue weighted by Crippen LogP contribution is 2.24. The smallest absolute Gasteiger partial charge is 0.329 e. The first-order valence-corrected chi connectivity index (χ1v) is 8.94. The number of imide groups is 1. The number of carbonyl (C=O) groups is 4. The maximum Gasteiger partial charge on any atom is 0.329 e. The number of ether oxygens (including phenoxy) is 1. The predicted octanol–water partition coefficient (Wildman–Crippen LogP) is 2.27. The van der Waals surface area contributed by atoms with Crippen LogP contribution >= 0.6 is 0 Å². The van der Waals surface area contributed by atoms with Gasteiger partial charge in [0.25, 0.3) is 17.7 Å². The largest absolute Gasteiger partial charge is 0.454 e. The van der Waals surface area contributed by atoms with E-state index in [1.165, 1.54) is 24.0 Å². The number of carbonyl (C=O) groups excluding carboxylic acids is 4. The van der Waals surface area contributed by atoms with Crippen molar-refractivity contribution in [3.05, 3.63) is 65.7 Å². The molecule has 1 heterocycles. The molecule has 7 heteroatoms. The van der Waals surface area contributed by atoms with E-state index in [1.54, 1.807) is 24.3 Å². The summed E-state index contributed by atoms with van der Waals surface area (Å²) in [4.78, 5) is 52.1. The number of rotatable bonds is 6. The molecule has 7 nitrogen and oxygen atoms in total. The van der Waals surface area contributed by atoms with Gasteiger partial charge in [0.1, 0.15) is 6.04 Å². The Balaban J connectivity index is 1.64. The van der Waals surface area contributed by atoms with Crippen LogP contribution in [0.3, 0.4) is 0 Å². The monoisotopic (exact) mass is 380 g/mol. The highest BCUT2D eigenvalue weighted by Gasteiger charge is 2.41. The molecule has 3 rings (SSSR count). The van der Waals surface area contributed by atoms with Gasteiger partial charge < -0.3 is 9.64 Å². The van der Waals surface area contributed by atoms with Gasteiger partial charge in [-0.05, 0) is 38.1 Å². The summed E-state index contributed by atoms with van der Waals surface area (Å²) >= 11 is 0. The highest BCUT2D eigenvalue weighted by molar-refractivity contribution is 6.22. The number of esters is 1. The molecule has 0 saturated carbocycles. The fourth-order valence-electron chi connectivity index (χ4n) is 3.11. The van der Waals surface area contributed by atoms with Crippen LogP contribution in [0.5, 0.6) is 0 Å². The van der Waals surface area contributed by atoms with Crippen LogP contribution in [0.2, 0.25) is 0 Å². The molecule has 0 bridgehead atoms. The molecule has 0 aliphatic carbocycles. The fourth-order valence-corrected chi connectivity index (χ4v) is 3.11. The normalized spacial score (nSPS) is 13.9. The number of anilines is 1. The number of hydrogen-bond donors (Lipinski definition) is 0. The van der Waals surface area contributed by atoms with Gasteiger partial charge in [-0.3, -0.25) is 19.3 Å². The van der Waals surface area contributed by atoms with Crippen LogP contribution in [-0.2, 0) is 14.3 Å². The zero-order valence-electron chi connectivity index (χ0n) is 15.6. The average molecular weight is 380 g/mol. The maximum atomic E-state index is 12.5. The summed E-state index contributed by atoms with van der Waals surface area (Å²) in [5, 5.41) is 0. The molecule has 1 aliphatic rings. The van der Waals surface area contributed by atoms with Crippen LogP contribution in [0.15, 0.2) is 54.6 Å². The molecule has 0 radical (unpaired) electrons. The van der Waals surface area contributed by atoms with Crippen LogP contribution in [0.4, 0.5) is 5.69 Å². The molecular formula is C21H20N2O5. The Kier molecular flexibility index (Phi) is 5.54. The minimum atomic E-state index is -1.13. The lowest BCUT2D eigenvalue weighted by Crippen LogP contribution is -2.44. The van der Waals surface area contributed by atoms with Crippen LogP contribution < -0.4 is 4.90 Å². The van der Waals surface area contributed by atoms with Crippen molar-refractivity contribution in [3.63, 3.8) is 0 Å². The van der Waals surface area contributed by atoms with Crippen molar-refractivity contribution in [2.75, 3.05) is 18.1 Å². The number of likely N-dealkylation sites (N-methyl/N-ethyl adjacent to an activating group) is 1. The summed E-state index contributed by atoms with van der Waals surface area (Å²) in [5.74, 6) is -2.30. The lowest BCUT2D eigenvalue weighted by molar-refractivity contribution is -0.151. The van der Waals surface area contributed by atoms with E-state index in [1.807, 2.05) is 25.1 Å². The van der Waals surface area contributed by atoms with E-state index in [0.717, 1.165) is 4.90 Å². The Morgan fingerprint density at radius 3 is 2.04 bits per heavy atom. The summed E-state index contributed by atoms with van der Waals surface area (Å²) in [5.41, 5.74) is 1.20. The second-order valence-corrected chi connectivity index (χ2v) is 6.28. The van der Waals surface area contributed by atoms with E-state index in [2.05, 4.69) is 0 Å². The molecule has 0 saturated heterocycles. The molecule has 28 heavy (non-hydrogen) atoms. The number of para-hydroxylation sites is 1. The minimum absolute atomic E-state index is 0.254. The Hall–Kier alpha value is -3.48. The summed E-state index contributed by atoms with van der Waals surface area (Å²) in [6, 6.07) is 14.3. The van der Waals surface area contributed by atoms with Crippen molar-refractivity contribution in [2.45, 2.75) is 19.9 Å². The van der Waals surface area contributed by atoms with Crippen LogP contribution in [0, 0.1) is 0 Å². The number of fused-ring (bicyclic) bond motifs is 1. The third-order valence-electron chi connectivity index (χ3n) is 4.58. The molecule has 2 aromatic carbocycles. The molecular weight excluding hydrogens is 360 g/mol. The van der Waals surface area contributed by atoms with Crippen LogP contribution in [0.1, 0.15) is 34.6 Å². The molecule has 1 atom stereocenters. The molecule has 1 aliphatic heterocycles. The summed E-state index contributed by atoms with van der Waals surface area (Å²) in [7, 11) is 0. The first-order valence-electron chi connectivity index (χ1n) is 8.94. The molecule has 3 amide bonds. The third kappa shape index (κ3) is 3.51. The molecule has 144 valence electrons. The lowest BCUT2D eigenvalue weighted by Gasteiger charge is -2.23. The minimum Gasteiger partial charge on any atom is -0.454 e. The fraction of sp³-hybridized carbons (Fsp3) is 0.238. The van der Waals surface area contributed by atoms with Crippen molar-refractivity contribution in [1.29, 1.82) is 0 Å². The maximum absolute atomic E-state index is 12.5. The van der Waals surface area contributed by atoms with E-state index in [9.17, 15) is 19.2 Å². The first-order chi connectivity index (χ1) is 13.5. The first kappa shape index (κ1) is 19.3. The van der Waals surface area contributed by atoms with Gasteiger partial charge in [-0.1, -0.05) is 30.3 Å². The number of benzene rings is 2. The molecule has 0 aromatic heterocycles. The average Bonchev–Trinajstić information content (AvgIpc) is 2.97. The Bertz CT molecular complexity index is 890. The molecule has 0 spiro atoms. The summed E-state index contributed by atoms with van der Waals surface area (Å²) < 4.78 is 5.10. The van der Waals surface area contributed by atoms with Gasteiger partial charge in [-0.15, -0.1) is 0 Å². The number of nitrogens with zero attached hydrogens (tertiary/aromatic N) is 2. The van der Waals surface area contributed by atoms with Crippen molar-refractivity contribution < 1.29 is 23.9 Å². The second-order valence-electron chi connectivity index (χ2n) is 6.28. The van der Waals surface area contributed by atoms with Crippen molar-refractivity contribution in [3.8, 4) is 0 Å².